The van der Waals surface area contributed by atoms with E-state index in [1.165, 1.54) is 0 Å². The van der Waals surface area contributed by atoms with Crippen LogP contribution in [0.2, 0.25) is 0 Å². The van der Waals surface area contributed by atoms with Crippen LogP contribution in [0.4, 0.5) is 0 Å². The molecule has 0 unspecified atom stereocenters. The summed E-state index contributed by atoms with van der Waals surface area (Å²) in [6.07, 6.45) is 7.71. The molecule has 1 atom stereocenters. The van der Waals surface area contributed by atoms with Gasteiger partial charge in [-0.2, -0.15) is 5.10 Å². The monoisotopic (exact) mass is 341 g/mol. The van der Waals surface area contributed by atoms with Crippen LogP contribution in [0.1, 0.15) is 39.9 Å². The Kier molecular flexibility index (Phi) is 3.72. The van der Waals surface area contributed by atoms with Crippen LogP contribution in [-0.4, -0.2) is 37.1 Å². The molecule has 1 aliphatic heterocycles. The van der Waals surface area contributed by atoms with Crippen LogP contribution in [0.3, 0.4) is 0 Å². The molecular weight excluding hydrogens is 322 g/mol. The third kappa shape index (κ3) is 2.65. The number of likely N-dealkylation sites (tertiary alicyclic amines) is 1. The molecule has 0 saturated carbocycles. The number of aryl methyl sites for hydroxylation is 2. The first-order valence-corrected chi connectivity index (χ1v) is 8.90. The largest absolute Gasteiger partial charge is 0.357 e. The van der Waals surface area contributed by atoms with Crippen LogP contribution in [0.15, 0.2) is 30.0 Å². The summed E-state index contributed by atoms with van der Waals surface area (Å²) in [5.41, 5.74) is 3.59. The summed E-state index contributed by atoms with van der Waals surface area (Å²) in [4.78, 5) is 22.5. The lowest BCUT2D eigenvalue weighted by Gasteiger charge is -2.23. The van der Waals surface area contributed by atoms with Gasteiger partial charge in [0.2, 0.25) is 0 Å². The highest BCUT2D eigenvalue weighted by atomic mass is 32.1. The number of hydrogen-bond acceptors (Lipinski definition) is 4. The van der Waals surface area contributed by atoms with Crippen LogP contribution in [0.5, 0.6) is 0 Å². The summed E-state index contributed by atoms with van der Waals surface area (Å²) < 4.78 is 1.79. The van der Waals surface area contributed by atoms with Gasteiger partial charge in [-0.1, -0.05) is 0 Å². The van der Waals surface area contributed by atoms with Gasteiger partial charge in [0, 0.05) is 42.5 Å². The number of nitrogens with zero attached hydrogens (tertiary/aromatic N) is 4. The average Bonchev–Trinajstić information content (AvgIpc) is 3.33. The van der Waals surface area contributed by atoms with E-state index in [4.69, 9.17) is 0 Å². The zero-order valence-corrected chi connectivity index (χ0v) is 14.5. The smallest absolute Gasteiger partial charge is 0.270 e. The minimum atomic E-state index is 0.0413. The van der Waals surface area contributed by atoms with Crippen LogP contribution in [0.25, 0.3) is 11.3 Å². The molecule has 3 aromatic heterocycles. The number of aromatic nitrogens is 4. The minimum absolute atomic E-state index is 0.0413. The molecule has 1 aliphatic rings. The second-order valence-corrected chi connectivity index (χ2v) is 7.22. The fourth-order valence-corrected chi connectivity index (χ4v) is 3.91. The first-order chi connectivity index (χ1) is 11.6. The molecule has 0 bridgehead atoms. The van der Waals surface area contributed by atoms with E-state index in [0.29, 0.717) is 5.69 Å². The maximum Gasteiger partial charge on any atom is 0.270 e. The van der Waals surface area contributed by atoms with Gasteiger partial charge in [-0.15, -0.1) is 11.3 Å². The summed E-state index contributed by atoms with van der Waals surface area (Å²) in [6, 6.07) is 2.01. The van der Waals surface area contributed by atoms with Crippen LogP contribution < -0.4 is 0 Å². The van der Waals surface area contributed by atoms with Crippen LogP contribution >= 0.6 is 11.3 Å². The van der Waals surface area contributed by atoms with Gasteiger partial charge in [0.1, 0.15) is 5.69 Å². The van der Waals surface area contributed by atoms with Crippen molar-refractivity contribution in [2.45, 2.75) is 25.8 Å². The van der Waals surface area contributed by atoms with Gasteiger partial charge in [-0.3, -0.25) is 9.48 Å². The van der Waals surface area contributed by atoms with E-state index in [1.807, 2.05) is 48.9 Å². The van der Waals surface area contributed by atoms with Crippen molar-refractivity contribution in [3.63, 3.8) is 0 Å². The highest BCUT2D eigenvalue weighted by Gasteiger charge is 2.32. The van der Waals surface area contributed by atoms with E-state index in [0.717, 1.165) is 41.2 Å². The number of carbonyl (C=O) groups is 1. The van der Waals surface area contributed by atoms with Crippen molar-refractivity contribution >= 4 is 17.2 Å². The number of rotatable bonds is 3. The number of amides is 1. The SMILES string of the molecule is Cc1nc(-c2c[nH]c(C(=O)N3CCC[C@@H]3c3cnn(C)c3)c2)cs1. The quantitative estimate of drug-likeness (QED) is 0.796. The van der Waals surface area contributed by atoms with Gasteiger partial charge < -0.3 is 9.88 Å². The third-order valence-electron chi connectivity index (χ3n) is 4.45. The summed E-state index contributed by atoms with van der Waals surface area (Å²) in [7, 11) is 1.90. The van der Waals surface area contributed by atoms with Crippen LogP contribution in [-0.2, 0) is 7.05 Å². The van der Waals surface area contributed by atoms with E-state index in [9.17, 15) is 4.79 Å². The Morgan fingerprint density at radius 2 is 2.33 bits per heavy atom. The Bertz CT molecular complexity index is 877. The van der Waals surface area contributed by atoms with Crippen LogP contribution in [0, 0.1) is 6.92 Å². The van der Waals surface area contributed by atoms with E-state index in [2.05, 4.69) is 15.1 Å². The third-order valence-corrected chi connectivity index (χ3v) is 5.22. The fourth-order valence-electron chi connectivity index (χ4n) is 3.28. The minimum Gasteiger partial charge on any atom is -0.357 e. The molecule has 124 valence electrons. The molecule has 1 N–H and O–H groups in total. The van der Waals surface area contributed by atoms with Crippen molar-refractivity contribution in [3.8, 4) is 11.3 Å². The first-order valence-electron chi connectivity index (χ1n) is 8.02. The summed E-state index contributed by atoms with van der Waals surface area (Å²) in [5.74, 6) is 0.0413. The van der Waals surface area contributed by atoms with E-state index in [-0.39, 0.29) is 11.9 Å². The van der Waals surface area contributed by atoms with Gasteiger partial charge in [-0.25, -0.2) is 4.98 Å². The van der Waals surface area contributed by atoms with Crippen molar-refractivity contribution in [1.29, 1.82) is 0 Å². The van der Waals surface area contributed by atoms with Crippen molar-refractivity contribution in [3.05, 3.63) is 46.3 Å². The van der Waals surface area contributed by atoms with Gasteiger partial charge in [0.05, 0.1) is 22.9 Å². The lowest BCUT2D eigenvalue weighted by atomic mass is 10.1. The lowest BCUT2D eigenvalue weighted by molar-refractivity contribution is 0.0730. The number of aromatic amines is 1. The maximum atomic E-state index is 12.9. The Morgan fingerprint density at radius 1 is 1.46 bits per heavy atom. The molecule has 0 aromatic carbocycles. The number of thiazole rings is 1. The predicted octanol–water partition coefficient (Wildman–Crippen LogP) is 3.16. The van der Waals surface area contributed by atoms with Gasteiger partial charge in [0.15, 0.2) is 0 Å². The lowest BCUT2D eigenvalue weighted by Crippen LogP contribution is -2.30. The predicted molar refractivity (Wildman–Crippen MR) is 92.9 cm³/mol. The molecule has 0 aliphatic carbocycles. The normalized spacial score (nSPS) is 17.6. The number of H-pyrrole nitrogens is 1. The van der Waals surface area contributed by atoms with Crippen molar-refractivity contribution in [1.82, 2.24) is 24.6 Å². The van der Waals surface area contributed by atoms with Crippen molar-refractivity contribution in [2.75, 3.05) is 6.54 Å². The molecule has 0 radical (unpaired) electrons. The molecule has 6 nitrogen and oxygen atoms in total. The number of carbonyl (C=O) groups excluding carboxylic acids is 1. The molecule has 1 saturated heterocycles. The Hall–Kier alpha value is -2.41. The molecule has 7 heteroatoms. The fraction of sp³-hybridized carbons (Fsp3) is 0.353. The number of hydrogen-bond donors (Lipinski definition) is 1. The second-order valence-electron chi connectivity index (χ2n) is 6.16. The molecule has 4 rings (SSSR count). The zero-order valence-electron chi connectivity index (χ0n) is 13.7. The molecule has 1 fully saturated rings. The van der Waals surface area contributed by atoms with Crippen molar-refractivity contribution in [2.24, 2.45) is 7.05 Å². The number of nitrogens with one attached hydrogen (secondary N) is 1. The molecule has 24 heavy (non-hydrogen) atoms. The summed E-state index contributed by atoms with van der Waals surface area (Å²) >= 11 is 1.61. The Labute approximate surface area is 144 Å². The first kappa shape index (κ1) is 15.1. The van der Waals surface area contributed by atoms with Gasteiger partial charge in [-0.05, 0) is 25.8 Å². The zero-order chi connectivity index (χ0) is 16.7. The highest BCUT2D eigenvalue weighted by Crippen LogP contribution is 2.33. The Balaban J connectivity index is 1.58. The molecule has 1 amide bonds. The second kappa shape index (κ2) is 5.90. The van der Waals surface area contributed by atoms with Crippen molar-refractivity contribution < 1.29 is 4.79 Å². The topological polar surface area (TPSA) is 66.8 Å². The van der Waals surface area contributed by atoms with Gasteiger partial charge in [0.25, 0.3) is 5.91 Å². The maximum absolute atomic E-state index is 12.9. The summed E-state index contributed by atoms with van der Waals surface area (Å²) in [5, 5.41) is 7.28. The Morgan fingerprint density at radius 3 is 3.04 bits per heavy atom. The van der Waals surface area contributed by atoms with Gasteiger partial charge >= 0.3 is 0 Å². The van der Waals surface area contributed by atoms with E-state index >= 15 is 0 Å². The molecular formula is C17H19N5OS. The molecule has 3 aromatic rings. The van der Waals surface area contributed by atoms with E-state index in [1.54, 1.807) is 16.0 Å². The average molecular weight is 341 g/mol. The molecule has 0 spiro atoms. The summed E-state index contributed by atoms with van der Waals surface area (Å²) in [6.45, 7) is 2.76. The highest BCUT2D eigenvalue weighted by molar-refractivity contribution is 7.09. The standard InChI is InChI=1S/C17H19N5OS/c1-11-20-15(10-24-11)12-6-14(18-7-12)17(23)22-5-3-4-16(22)13-8-19-21(2)9-13/h6-10,16,18H,3-5H2,1-2H3/t16-/m1/s1. The van der Waals surface area contributed by atoms with E-state index < -0.39 is 0 Å². The molecule has 4 heterocycles.